The Labute approximate surface area is 172 Å². The maximum Gasteiger partial charge on any atom is 0.220 e. The largest absolute Gasteiger partial charge is 0.356 e. The number of piperidine rings is 1. The summed E-state index contributed by atoms with van der Waals surface area (Å²) in [4.78, 5) is 19.0. The minimum atomic E-state index is 0.209. The Bertz CT molecular complexity index is 735. The van der Waals surface area contributed by atoms with E-state index < -0.39 is 0 Å². The van der Waals surface area contributed by atoms with E-state index in [1.54, 1.807) is 0 Å². The maximum absolute atomic E-state index is 11.9. The third-order valence-corrected chi connectivity index (χ3v) is 6.24. The zero-order valence-corrected chi connectivity index (χ0v) is 17.9. The minimum Gasteiger partial charge on any atom is -0.356 e. The van der Waals surface area contributed by atoms with Crippen molar-refractivity contribution in [2.24, 2.45) is 5.92 Å². The third kappa shape index (κ3) is 6.30. The molecule has 1 amide bonds. The number of aryl methyl sites for hydroxylation is 1. The summed E-state index contributed by atoms with van der Waals surface area (Å²) < 4.78 is 4.56. The van der Waals surface area contributed by atoms with Gasteiger partial charge >= 0.3 is 0 Å². The van der Waals surface area contributed by atoms with Crippen molar-refractivity contribution in [1.82, 2.24) is 14.7 Å². The van der Waals surface area contributed by atoms with Crippen LogP contribution in [0.2, 0.25) is 0 Å². The summed E-state index contributed by atoms with van der Waals surface area (Å²) >= 11 is 1.50. The van der Waals surface area contributed by atoms with Gasteiger partial charge in [0.25, 0.3) is 0 Å². The van der Waals surface area contributed by atoms with Crippen molar-refractivity contribution in [2.75, 3.05) is 24.5 Å². The highest BCUT2D eigenvalue weighted by molar-refractivity contribution is 7.09. The lowest BCUT2D eigenvalue weighted by molar-refractivity contribution is -0.121. The van der Waals surface area contributed by atoms with Crippen LogP contribution in [0.25, 0.3) is 0 Å². The van der Waals surface area contributed by atoms with Gasteiger partial charge in [-0.05, 0) is 37.7 Å². The van der Waals surface area contributed by atoms with Crippen molar-refractivity contribution in [3.63, 3.8) is 0 Å². The molecule has 1 fully saturated rings. The molecule has 1 aromatic heterocycles. The first kappa shape index (κ1) is 20.8. The zero-order valence-electron chi connectivity index (χ0n) is 17.1. The normalized spacial score (nSPS) is 15.0. The maximum atomic E-state index is 11.9. The van der Waals surface area contributed by atoms with Crippen LogP contribution < -0.4 is 10.2 Å². The van der Waals surface area contributed by atoms with E-state index in [0.717, 1.165) is 69.1 Å². The highest BCUT2D eigenvalue weighted by Crippen LogP contribution is 2.25. The summed E-state index contributed by atoms with van der Waals surface area (Å²) in [5, 5.41) is 4.15. The number of aromatic nitrogens is 2. The first-order valence-electron chi connectivity index (χ1n) is 10.5. The summed E-state index contributed by atoms with van der Waals surface area (Å²) in [6.45, 7) is 7.07. The molecule has 3 rings (SSSR count). The Hall–Kier alpha value is -1.95. The molecular formula is C22H32N4OS. The van der Waals surface area contributed by atoms with Crippen LogP contribution in [0.3, 0.4) is 0 Å². The summed E-state index contributed by atoms with van der Waals surface area (Å²) in [5.74, 6) is 1.69. The summed E-state index contributed by atoms with van der Waals surface area (Å²) in [6, 6.07) is 8.57. The number of unbranched alkanes of at least 4 members (excludes halogenated alkanes) is 2. The van der Waals surface area contributed by atoms with E-state index in [1.807, 2.05) is 0 Å². The van der Waals surface area contributed by atoms with Gasteiger partial charge in [-0.3, -0.25) is 4.79 Å². The van der Waals surface area contributed by atoms with Gasteiger partial charge in [0.15, 0.2) is 0 Å². The second-order valence-corrected chi connectivity index (χ2v) is 8.58. The predicted octanol–water partition coefficient (Wildman–Crippen LogP) is 4.35. The van der Waals surface area contributed by atoms with Crippen LogP contribution in [-0.4, -0.2) is 34.9 Å². The predicted molar refractivity (Wildman–Crippen MR) is 116 cm³/mol. The molecule has 1 N–H and O–H groups in total. The fourth-order valence-electron chi connectivity index (χ4n) is 3.54. The first-order valence-corrected chi connectivity index (χ1v) is 11.3. The van der Waals surface area contributed by atoms with Gasteiger partial charge < -0.3 is 10.2 Å². The highest BCUT2D eigenvalue weighted by Gasteiger charge is 2.22. The number of hydrogen-bond acceptors (Lipinski definition) is 5. The third-order valence-electron chi connectivity index (χ3n) is 5.42. The molecule has 0 radical (unpaired) electrons. The number of carbonyl (C=O) groups is 1. The molecule has 2 heterocycles. The Morgan fingerprint density at radius 1 is 1.21 bits per heavy atom. The molecule has 1 saturated heterocycles. The zero-order chi connectivity index (χ0) is 19.8. The molecule has 1 aliphatic heterocycles. The molecule has 28 heavy (non-hydrogen) atoms. The topological polar surface area (TPSA) is 58.1 Å². The van der Waals surface area contributed by atoms with E-state index in [2.05, 4.69) is 52.7 Å². The summed E-state index contributed by atoms with van der Waals surface area (Å²) in [6.07, 6.45) is 6.95. The van der Waals surface area contributed by atoms with Crippen LogP contribution in [0.15, 0.2) is 24.3 Å². The Morgan fingerprint density at radius 2 is 1.96 bits per heavy atom. The van der Waals surface area contributed by atoms with E-state index in [1.165, 1.54) is 22.7 Å². The van der Waals surface area contributed by atoms with Gasteiger partial charge in [-0.1, -0.05) is 49.6 Å². The number of amides is 1. The Morgan fingerprint density at radius 3 is 2.68 bits per heavy atom. The highest BCUT2D eigenvalue weighted by atomic mass is 32.1. The number of rotatable bonds is 9. The van der Waals surface area contributed by atoms with Gasteiger partial charge in [0.2, 0.25) is 11.0 Å². The molecule has 1 aromatic carbocycles. The van der Waals surface area contributed by atoms with E-state index in [0.29, 0.717) is 12.3 Å². The number of anilines is 1. The molecule has 0 unspecified atom stereocenters. The van der Waals surface area contributed by atoms with Gasteiger partial charge in [-0.25, -0.2) is 4.98 Å². The minimum absolute atomic E-state index is 0.209. The van der Waals surface area contributed by atoms with Crippen LogP contribution in [0, 0.1) is 12.8 Å². The molecule has 0 spiro atoms. The van der Waals surface area contributed by atoms with Crippen LogP contribution in [0.1, 0.15) is 62.4 Å². The van der Waals surface area contributed by atoms with Crippen LogP contribution in [0.5, 0.6) is 0 Å². The average molecular weight is 401 g/mol. The van der Waals surface area contributed by atoms with E-state index in [9.17, 15) is 4.79 Å². The van der Waals surface area contributed by atoms with Crippen molar-refractivity contribution in [3.05, 3.63) is 41.2 Å². The fourth-order valence-corrected chi connectivity index (χ4v) is 4.28. The second-order valence-electron chi connectivity index (χ2n) is 7.85. The lowest BCUT2D eigenvalue weighted by Gasteiger charge is -2.31. The van der Waals surface area contributed by atoms with Gasteiger partial charge in [-0.2, -0.15) is 4.37 Å². The average Bonchev–Trinajstić information content (AvgIpc) is 3.17. The van der Waals surface area contributed by atoms with Crippen molar-refractivity contribution in [1.29, 1.82) is 0 Å². The Balaban J connectivity index is 1.41. The van der Waals surface area contributed by atoms with E-state index >= 15 is 0 Å². The number of hydrogen-bond donors (Lipinski definition) is 1. The monoisotopic (exact) mass is 400 g/mol. The lowest BCUT2D eigenvalue weighted by atomic mass is 9.97. The fraction of sp³-hybridized carbons (Fsp3) is 0.591. The smallest absolute Gasteiger partial charge is 0.220 e. The molecule has 5 nitrogen and oxygen atoms in total. The molecule has 6 heteroatoms. The molecule has 0 atom stereocenters. The van der Waals surface area contributed by atoms with Crippen LogP contribution in [0.4, 0.5) is 5.13 Å². The van der Waals surface area contributed by atoms with Crippen molar-refractivity contribution in [2.45, 2.75) is 58.8 Å². The van der Waals surface area contributed by atoms with E-state index in [4.69, 9.17) is 4.98 Å². The molecular weight excluding hydrogens is 368 g/mol. The van der Waals surface area contributed by atoms with E-state index in [-0.39, 0.29) is 5.91 Å². The standard InChI is InChI=1S/C22H32N4OS/c1-3-4-5-6-21(27)23-16-19-11-13-26(14-12-19)22-24-20(25-28-22)15-18-9-7-17(2)8-10-18/h7-10,19H,3-6,11-16H2,1-2H3,(H,23,27). The summed E-state index contributed by atoms with van der Waals surface area (Å²) in [7, 11) is 0. The van der Waals surface area contributed by atoms with Crippen LogP contribution in [-0.2, 0) is 11.2 Å². The molecule has 0 saturated carbocycles. The molecule has 152 valence electrons. The van der Waals surface area contributed by atoms with Gasteiger partial charge in [0.05, 0.1) is 0 Å². The van der Waals surface area contributed by atoms with Gasteiger partial charge in [0.1, 0.15) is 5.82 Å². The molecule has 0 bridgehead atoms. The lowest BCUT2D eigenvalue weighted by Crippen LogP contribution is -2.38. The van der Waals surface area contributed by atoms with Gasteiger partial charge in [0, 0.05) is 44.0 Å². The molecule has 1 aliphatic rings. The summed E-state index contributed by atoms with van der Waals surface area (Å²) in [5.41, 5.74) is 2.53. The van der Waals surface area contributed by atoms with Crippen molar-refractivity contribution < 1.29 is 4.79 Å². The number of nitrogens with one attached hydrogen (secondary N) is 1. The number of carbonyl (C=O) groups excluding carboxylic acids is 1. The molecule has 0 aliphatic carbocycles. The van der Waals surface area contributed by atoms with Crippen LogP contribution >= 0.6 is 11.5 Å². The quantitative estimate of drug-likeness (QED) is 0.636. The van der Waals surface area contributed by atoms with Crippen molar-refractivity contribution >= 4 is 22.6 Å². The number of nitrogens with zero attached hydrogens (tertiary/aromatic N) is 3. The SMILES string of the molecule is CCCCCC(=O)NCC1CCN(c2nc(Cc3ccc(C)cc3)ns2)CC1. The second kappa shape index (κ2) is 10.6. The first-order chi connectivity index (χ1) is 13.6. The number of benzene rings is 1. The molecule has 2 aromatic rings. The van der Waals surface area contributed by atoms with Gasteiger partial charge in [-0.15, -0.1) is 0 Å². The Kier molecular flexibility index (Phi) is 7.83. The van der Waals surface area contributed by atoms with Crippen molar-refractivity contribution in [3.8, 4) is 0 Å².